The van der Waals surface area contributed by atoms with Gasteiger partial charge in [-0.05, 0) is 55.9 Å². The second-order valence-corrected chi connectivity index (χ2v) is 8.67. The van der Waals surface area contributed by atoms with Crippen LogP contribution in [0.3, 0.4) is 0 Å². The molecule has 0 unspecified atom stereocenters. The number of thioether (sulfide) groups is 1. The molecule has 2 aromatic carbocycles. The number of hydrogen-bond donors (Lipinski definition) is 1. The molecule has 2 heterocycles. The van der Waals surface area contributed by atoms with Crippen LogP contribution in [0.15, 0.2) is 66.1 Å². The number of anilines is 1. The zero-order chi connectivity index (χ0) is 22.3. The van der Waals surface area contributed by atoms with Crippen molar-refractivity contribution in [3.8, 4) is 16.9 Å². The maximum atomic E-state index is 13.0. The van der Waals surface area contributed by atoms with E-state index in [4.69, 9.17) is 4.74 Å². The molecular formula is C25H28N4O2S. The van der Waals surface area contributed by atoms with Gasteiger partial charge in [0.1, 0.15) is 5.75 Å². The van der Waals surface area contributed by atoms with Crippen molar-refractivity contribution in [2.24, 2.45) is 5.92 Å². The van der Waals surface area contributed by atoms with Crippen molar-refractivity contribution in [2.75, 3.05) is 31.8 Å². The number of nitrogens with one attached hydrogen (secondary N) is 1. The first kappa shape index (κ1) is 22.3. The minimum atomic E-state index is 0.0136. The van der Waals surface area contributed by atoms with Gasteiger partial charge in [-0.1, -0.05) is 42.1 Å². The number of benzene rings is 2. The van der Waals surface area contributed by atoms with Crippen molar-refractivity contribution in [3.05, 3.63) is 66.5 Å². The van der Waals surface area contributed by atoms with Crippen LogP contribution < -0.4 is 10.1 Å². The normalized spacial score (nSPS) is 14.8. The van der Waals surface area contributed by atoms with Crippen molar-refractivity contribution >= 4 is 23.4 Å². The Balaban J connectivity index is 1.36. The average Bonchev–Trinajstić information content (AvgIpc) is 2.85. The number of para-hydroxylation sites is 1. The number of rotatable bonds is 7. The Morgan fingerprint density at radius 1 is 1.12 bits per heavy atom. The smallest absolute Gasteiger partial charge is 0.227 e. The van der Waals surface area contributed by atoms with Crippen LogP contribution in [0.1, 0.15) is 18.4 Å². The predicted octanol–water partition coefficient (Wildman–Crippen LogP) is 4.72. The van der Waals surface area contributed by atoms with Crippen molar-refractivity contribution in [2.45, 2.75) is 24.5 Å². The van der Waals surface area contributed by atoms with Crippen LogP contribution in [0.2, 0.25) is 0 Å². The van der Waals surface area contributed by atoms with Crippen molar-refractivity contribution < 1.29 is 9.53 Å². The first-order chi connectivity index (χ1) is 15.7. The van der Waals surface area contributed by atoms with Gasteiger partial charge in [-0.2, -0.15) is 0 Å². The fourth-order valence-corrected chi connectivity index (χ4v) is 4.33. The molecule has 1 aliphatic heterocycles. The Kier molecular flexibility index (Phi) is 7.39. The topological polar surface area (TPSA) is 67.3 Å². The molecule has 4 rings (SSSR count). The molecule has 1 fully saturated rings. The monoisotopic (exact) mass is 448 g/mol. The van der Waals surface area contributed by atoms with Gasteiger partial charge in [0.25, 0.3) is 0 Å². The molecule has 0 spiro atoms. The zero-order valence-corrected chi connectivity index (χ0v) is 19.3. The lowest BCUT2D eigenvalue weighted by Gasteiger charge is -2.31. The summed E-state index contributed by atoms with van der Waals surface area (Å²) < 4.78 is 5.36. The highest BCUT2D eigenvalue weighted by atomic mass is 32.2. The van der Waals surface area contributed by atoms with Crippen LogP contribution in [0.4, 0.5) is 5.69 Å². The molecule has 1 aromatic heterocycles. The second-order valence-electron chi connectivity index (χ2n) is 7.90. The number of hydrogen-bond acceptors (Lipinski definition) is 6. The molecule has 3 aromatic rings. The fourth-order valence-electron chi connectivity index (χ4n) is 4.01. The van der Waals surface area contributed by atoms with E-state index >= 15 is 0 Å². The Morgan fingerprint density at radius 2 is 1.88 bits per heavy atom. The summed E-state index contributed by atoms with van der Waals surface area (Å²) in [6, 6.07) is 15.8. The molecule has 32 heavy (non-hydrogen) atoms. The molecule has 0 atom stereocenters. The number of likely N-dealkylation sites (tertiary alicyclic amines) is 1. The molecule has 7 heteroatoms. The Morgan fingerprint density at radius 3 is 2.59 bits per heavy atom. The third kappa shape index (κ3) is 5.47. The second kappa shape index (κ2) is 10.6. The van der Waals surface area contributed by atoms with E-state index in [1.54, 1.807) is 18.9 Å². The molecule has 0 bridgehead atoms. The molecule has 6 nitrogen and oxygen atoms in total. The summed E-state index contributed by atoms with van der Waals surface area (Å²) >= 11 is 1.54. The van der Waals surface area contributed by atoms with E-state index in [1.807, 2.05) is 67.2 Å². The van der Waals surface area contributed by atoms with Crippen LogP contribution in [-0.2, 0) is 11.3 Å². The standard InChI is InChI=1S/C25H28N4O2S/c1-31-21-7-5-6-20(14-21)22-8-3-4-9-23(22)28-24(30)19-10-12-29(13-11-19)17-18-15-26-25(32-2)27-16-18/h3-9,14-16,19H,10-13,17H2,1-2H3,(H,28,30). The first-order valence-corrected chi connectivity index (χ1v) is 12.0. The Hall–Kier alpha value is -2.90. The number of methoxy groups -OCH3 is 1. The number of nitrogens with zero attached hydrogens (tertiary/aromatic N) is 3. The highest BCUT2D eigenvalue weighted by Gasteiger charge is 2.25. The maximum Gasteiger partial charge on any atom is 0.227 e. The van der Waals surface area contributed by atoms with E-state index in [9.17, 15) is 4.79 Å². The molecule has 1 amide bonds. The number of carbonyl (C=O) groups excluding carboxylic acids is 1. The Bertz CT molecular complexity index is 1050. The quantitative estimate of drug-likeness (QED) is 0.417. The van der Waals surface area contributed by atoms with Gasteiger partial charge in [-0.3, -0.25) is 9.69 Å². The van der Waals surface area contributed by atoms with Gasteiger partial charge in [0, 0.05) is 41.7 Å². The van der Waals surface area contributed by atoms with E-state index in [0.29, 0.717) is 0 Å². The van der Waals surface area contributed by atoms with E-state index < -0.39 is 0 Å². The summed E-state index contributed by atoms with van der Waals surface area (Å²) in [6.07, 6.45) is 7.45. The minimum absolute atomic E-state index is 0.0136. The highest BCUT2D eigenvalue weighted by molar-refractivity contribution is 7.98. The third-order valence-corrected chi connectivity index (χ3v) is 6.37. The maximum absolute atomic E-state index is 13.0. The highest BCUT2D eigenvalue weighted by Crippen LogP contribution is 2.31. The van der Waals surface area contributed by atoms with E-state index in [2.05, 4.69) is 20.2 Å². The van der Waals surface area contributed by atoms with E-state index in [0.717, 1.165) is 65.8 Å². The number of aromatic nitrogens is 2. The summed E-state index contributed by atoms with van der Waals surface area (Å²) in [4.78, 5) is 24.1. The fraction of sp³-hybridized carbons (Fsp3) is 0.320. The lowest BCUT2D eigenvalue weighted by Crippen LogP contribution is -2.37. The summed E-state index contributed by atoms with van der Waals surface area (Å²) in [5.41, 5.74) is 3.95. The van der Waals surface area contributed by atoms with Gasteiger partial charge in [0.15, 0.2) is 5.16 Å². The molecule has 0 radical (unpaired) electrons. The SMILES string of the molecule is COc1cccc(-c2ccccc2NC(=O)C2CCN(Cc3cnc(SC)nc3)CC2)c1. The summed E-state index contributed by atoms with van der Waals surface area (Å²) in [6.45, 7) is 2.60. The molecule has 166 valence electrons. The number of piperidine rings is 1. The van der Waals surface area contributed by atoms with Crippen LogP contribution in [0.25, 0.3) is 11.1 Å². The minimum Gasteiger partial charge on any atom is -0.497 e. The Labute approximate surface area is 193 Å². The zero-order valence-electron chi connectivity index (χ0n) is 18.5. The summed E-state index contributed by atoms with van der Waals surface area (Å²) in [7, 11) is 1.66. The van der Waals surface area contributed by atoms with Gasteiger partial charge in [-0.25, -0.2) is 9.97 Å². The summed E-state index contributed by atoms with van der Waals surface area (Å²) in [5, 5.41) is 3.96. The van der Waals surface area contributed by atoms with Gasteiger partial charge >= 0.3 is 0 Å². The molecule has 0 aliphatic carbocycles. The summed E-state index contributed by atoms with van der Waals surface area (Å²) in [5.74, 6) is 0.900. The first-order valence-electron chi connectivity index (χ1n) is 10.8. The van der Waals surface area contributed by atoms with Gasteiger partial charge in [-0.15, -0.1) is 0 Å². The largest absolute Gasteiger partial charge is 0.497 e. The number of carbonyl (C=O) groups is 1. The van der Waals surface area contributed by atoms with Crippen molar-refractivity contribution in [3.63, 3.8) is 0 Å². The average molecular weight is 449 g/mol. The van der Waals surface area contributed by atoms with E-state index in [1.165, 1.54) is 0 Å². The molecule has 0 saturated carbocycles. The van der Waals surface area contributed by atoms with Crippen molar-refractivity contribution in [1.82, 2.24) is 14.9 Å². The molecule has 1 aliphatic rings. The van der Waals surface area contributed by atoms with Gasteiger partial charge in [0.05, 0.1) is 7.11 Å². The van der Waals surface area contributed by atoms with Crippen LogP contribution in [-0.4, -0.2) is 47.2 Å². The van der Waals surface area contributed by atoms with Crippen LogP contribution in [0.5, 0.6) is 5.75 Å². The lowest BCUT2D eigenvalue weighted by molar-refractivity contribution is -0.121. The lowest BCUT2D eigenvalue weighted by atomic mass is 9.95. The van der Waals surface area contributed by atoms with Gasteiger partial charge in [0.2, 0.25) is 5.91 Å². The number of amides is 1. The predicted molar refractivity (Wildman–Crippen MR) is 129 cm³/mol. The van der Waals surface area contributed by atoms with Gasteiger partial charge < -0.3 is 10.1 Å². The molecular weight excluding hydrogens is 420 g/mol. The molecule has 1 saturated heterocycles. The van der Waals surface area contributed by atoms with Crippen molar-refractivity contribution in [1.29, 1.82) is 0 Å². The number of ether oxygens (including phenoxy) is 1. The van der Waals surface area contributed by atoms with E-state index in [-0.39, 0.29) is 11.8 Å². The third-order valence-electron chi connectivity index (χ3n) is 5.79. The van der Waals surface area contributed by atoms with Crippen LogP contribution >= 0.6 is 11.8 Å². The molecule has 1 N–H and O–H groups in total. The van der Waals surface area contributed by atoms with Crippen LogP contribution in [0, 0.1) is 5.92 Å².